The third kappa shape index (κ3) is 1.23. The van der Waals surface area contributed by atoms with Crippen molar-refractivity contribution in [3.63, 3.8) is 0 Å². The molecule has 0 fully saturated rings. The van der Waals surface area contributed by atoms with E-state index in [1.807, 2.05) is 0 Å². The Morgan fingerprint density at radius 2 is 2.00 bits per heavy atom. The molecule has 0 atom stereocenters. The minimum absolute atomic E-state index is 1.05. The second-order valence-electron chi connectivity index (χ2n) is 5.78. The Hall–Kier alpha value is -2.28. The van der Waals surface area contributed by atoms with E-state index in [4.69, 9.17) is 0 Å². The highest BCUT2D eigenvalue weighted by molar-refractivity contribution is 5.91. The number of fused-ring (bicyclic) bond motifs is 6. The summed E-state index contributed by atoms with van der Waals surface area (Å²) >= 11 is 0. The first-order valence-electron chi connectivity index (χ1n) is 7.34. The SMILES string of the molecule is C1=CC2=c3[nH]c4c(c3=CC2=CC1)-c1ccccc1CC4. The Balaban J connectivity index is 1.92. The molecule has 5 rings (SSSR count). The fourth-order valence-corrected chi connectivity index (χ4v) is 3.77. The summed E-state index contributed by atoms with van der Waals surface area (Å²) in [7, 11) is 0. The lowest BCUT2D eigenvalue weighted by Gasteiger charge is -2.16. The molecule has 1 heteroatoms. The van der Waals surface area contributed by atoms with Gasteiger partial charge >= 0.3 is 0 Å². The van der Waals surface area contributed by atoms with E-state index in [-0.39, 0.29) is 0 Å². The maximum absolute atomic E-state index is 3.69. The normalized spacial score (nSPS) is 17.8. The van der Waals surface area contributed by atoms with Crippen molar-refractivity contribution in [3.05, 3.63) is 69.9 Å². The number of hydrogen-bond acceptors (Lipinski definition) is 0. The minimum Gasteiger partial charge on any atom is -0.357 e. The van der Waals surface area contributed by atoms with Gasteiger partial charge in [-0.05, 0) is 42.0 Å². The molecule has 0 spiro atoms. The number of rotatable bonds is 0. The summed E-state index contributed by atoms with van der Waals surface area (Å²) in [5.41, 5.74) is 8.53. The fraction of sp³-hybridized carbons (Fsp3) is 0.158. The van der Waals surface area contributed by atoms with Crippen LogP contribution in [0.1, 0.15) is 17.7 Å². The fourth-order valence-electron chi connectivity index (χ4n) is 3.77. The quantitative estimate of drug-likeness (QED) is 0.746. The molecule has 0 saturated heterocycles. The molecule has 3 aliphatic rings. The van der Waals surface area contributed by atoms with Gasteiger partial charge in [-0.15, -0.1) is 0 Å². The van der Waals surface area contributed by atoms with Crippen LogP contribution in [0.25, 0.3) is 22.8 Å². The predicted octanol–water partition coefficient (Wildman–Crippen LogP) is 2.61. The van der Waals surface area contributed by atoms with Gasteiger partial charge in [0.1, 0.15) is 0 Å². The van der Waals surface area contributed by atoms with Crippen LogP contribution in [0.2, 0.25) is 0 Å². The van der Waals surface area contributed by atoms with Crippen LogP contribution in [-0.2, 0) is 12.8 Å². The van der Waals surface area contributed by atoms with Crippen LogP contribution in [0.5, 0.6) is 0 Å². The molecule has 0 saturated carbocycles. The molecule has 20 heavy (non-hydrogen) atoms. The number of aromatic amines is 1. The van der Waals surface area contributed by atoms with E-state index in [9.17, 15) is 0 Å². The molecular weight excluding hydrogens is 242 g/mol. The molecule has 0 aliphatic heterocycles. The van der Waals surface area contributed by atoms with Crippen LogP contribution in [0.3, 0.4) is 0 Å². The van der Waals surface area contributed by atoms with Crippen molar-refractivity contribution >= 4 is 11.6 Å². The predicted molar refractivity (Wildman–Crippen MR) is 82.6 cm³/mol. The van der Waals surface area contributed by atoms with Gasteiger partial charge in [0.05, 0.1) is 5.35 Å². The molecule has 0 unspecified atom stereocenters. The van der Waals surface area contributed by atoms with Crippen molar-refractivity contribution in [3.8, 4) is 11.1 Å². The van der Waals surface area contributed by atoms with Gasteiger partial charge in [-0.1, -0.05) is 42.5 Å². The number of allylic oxidation sites excluding steroid dienone is 4. The zero-order valence-electron chi connectivity index (χ0n) is 11.2. The average Bonchev–Trinajstić information content (AvgIpc) is 3.03. The van der Waals surface area contributed by atoms with Crippen molar-refractivity contribution in [2.75, 3.05) is 0 Å². The Morgan fingerprint density at radius 1 is 1.05 bits per heavy atom. The largest absolute Gasteiger partial charge is 0.357 e. The third-order valence-electron chi connectivity index (χ3n) is 4.69. The minimum atomic E-state index is 1.05. The third-order valence-corrected chi connectivity index (χ3v) is 4.69. The number of nitrogens with one attached hydrogen (secondary N) is 1. The van der Waals surface area contributed by atoms with Crippen molar-refractivity contribution in [2.45, 2.75) is 19.3 Å². The Labute approximate surface area is 117 Å². The molecule has 1 nitrogen and oxygen atoms in total. The highest BCUT2D eigenvalue weighted by atomic mass is 14.7. The van der Waals surface area contributed by atoms with Crippen molar-refractivity contribution in [1.29, 1.82) is 0 Å². The number of hydrogen-bond donors (Lipinski definition) is 1. The van der Waals surface area contributed by atoms with E-state index in [1.54, 1.807) is 0 Å². The van der Waals surface area contributed by atoms with Crippen LogP contribution in [-0.4, -0.2) is 4.98 Å². The highest BCUT2D eigenvalue weighted by Crippen LogP contribution is 2.31. The zero-order chi connectivity index (χ0) is 13.1. The van der Waals surface area contributed by atoms with E-state index in [0.717, 1.165) is 19.3 Å². The Morgan fingerprint density at radius 3 is 3.00 bits per heavy atom. The number of aryl methyl sites for hydroxylation is 2. The smallest absolute Gasteiger partial charge is 0.0542 e. The van der Waals surface area contributed by atoms with E-state index in [2.05, 4.69) is 53.6 Å². The number of H-pyrrole nitrogens is 1. The van der Waals surface area contributed by atoms with E-state index >= 15 is 0 Å². The lowest BCUT2D eigenvalue weighted by molar-refractivity contribution is 0.906. The molecule has 1 aromatic heterocycles. The molecule has 2 aromatic rings. The maximum Gasteiger partial charge on any atom is 0.0542 e. The zero-order valence-corrected chi connectivity index (χ0v) is 11.2. The van der Waals surface area contributed by atoms with Gasteiger partial charge < -0.3 is 4.98 Å². The second kappa shape index (κ2) is 3.63. The van der Waals surface area contributed by atoms with E-state index in [0.29, 0.717) is 0 Å². The Kier molecular flexibility index (Phi) is 1.91. The van der Waals surface area contributed by atoms with Crippen LogP contribution < -0.4 is 10.6 Å². The molecule has 0 radical (unpaired) electrons. The molecule has 96 valence electrons. The molecule has 0 amide bonds. The summed E-state index contributed by atoms with van der Waals surface area (Å²) in [4.78, 5) is 3.69. The summed E-state index contributed by atoms with van der Waals surface area (Å²) in [6, 6.07) is 8.85. The van der Waals surface area contributed by atoms with Gasteiger partial charge in [0.15, 0.2) is 0 Å². The molecule has 1 N–H and O–H groups in total. The van der Waals surface area contributed by atoms with Gasteiger partial charge in [-0.3, -0.25) is 0 Å². The van der Waals surface area contributed by atoms with Crippen molar-refractivity contribution in [2.24, 2.45) is 0 Å². The highest BCUT2D eigenvalue weighted by Gasteiger charge is 2.23. The van der Waals surface area contributed by atoms with Gasteiger partial charge in [0.2, 0.25) is 0 Å². The molecule has 0 bridgehead atoms. The van der Waals surface area contributed by atoms with Gasteiger partial charge in [-0.25, -0.2) is 0 Å². The topological polar surface area (TPSA) is 15.8 Å². The van der Waals surface area contributed by atoms with Crippen LogP contribution in [0.4, 0.5) is 0 Å². The monoisotopic (exact) mass is 257 g/mol. The maximum atomic E-state index is 3.69. The number of benzene rings is 1. The first-order chi connectivity index (χ1) is 9.92. The summed E-state index contributed by atoms with van der Waals surface area (Å²) in [5.74, 6) is 0. The first kappa shape index (κ1) is 10.5. The van der Waals surface area contributed by atoms with E-state index in [1.165, 1.54) is 44.1 Å². The summed E-state index contributed by atoms with van der Waals surface area (Å²) in [6.07, 6.45) is 12.5. The van der Waals surface area contributed by atoms with Crippen molar-refractivity contribution < 1.29 is 0 Å². The summed E-state index contributed by atoms with van der Waals surface area (Å²) < 4.78 is 0. The lowest BCUT2D eigenvalue weighted by Crippen LogP contribution is -2.22. The van der Waals surface area contributed by atoms with Gasteiger partial charge in [0, 0.05) is 22.0 Å². The number of aromatic nitrogens is 1. The molecular formula is C19H15N. The van der Waals surface area contributed by atoms with E-state index < -0.39 is 0 Å². The lowest BCUT2D eigenvalue weighted by atomic mass is 9.89. The second-order valence-corrected chi connectivity index (χ2v) is 5.78. The summed E-state index contributed by atoms with van der Waals surface area (Å²) in [5, 5.41) is 2.73. The van der Waals surface area contributed by atoms with Crippen LogP contribution in [0.15, 0.2) is 48.1 Å². The summed E-state index contributed by atoms with van der Waals surface area (Å²) in [6.45, 7) is 0. The molecule has 3 aliphatic carbocycles. The molecule has 1 aromatic carbocycles. The Bertz CT molecular complexity index is 919. The van der Waals surface area contributed by atoms with Crippen LogP contribution in [0, 0.1) is 0 Å². The van der Waals surface area contributed by atoms with Crippen molar-refractivity contribution in [1.82, 2.24) is 4.98 Å². The standard InChI is InChI=1S/C19H15N/c1-3-7-14-12(5-1)9-10-17-18(14)16-11-13-6-2-4-8-15(13)19(16)20-17/h1,3-8,11,20H,2,9-10H2. The van der Waals surface area contributed by atoms with Gasteiger partial charge in [0.25, 0.3) is 0 Å². The first-order valence-corrected chi connectivity index (χ1v) is 7.34. The van der Waals surface area contributed by atoms with Crippen LogP contribution >= 0.6 is 0 Å². The molecule has 1 heterocycles. The van der Waals surface area contributed by atoms with Gasteiger partial charge in [-0.2, -0.15) is 0 Å². The average molecular weight is 257 g/mol.